The predicted molar refractivity (Wildman–Crippen MR) is 132 cm³/mol. The van der Waals surface area contributed by atoms with E-state index < -0.39 is 6.61 Å². The van der Waals surface area contributed by atoms with Crippen LogP contribution in [0.4, 0.5) is 8.78 Å². The first-order chi connectivity index (χ1) is 17.1. The average molecular weight is 482 g/mol. The molecule has 0 spiro atoms. The number of rotatable bonds is 7. The number of carbonyl (C=O) groups excluding carboxylic acids is 1. The summed E-state index contributed by atoms with van der Waals surface area (Å²) >= 11 is 0. The lowest BCUT2D eigenvalue weighted by Crippen LogP contribution is -2.50. The zero-order chi connectivity index (χ0) is 24.2. The van der Waals surface area contributed by atoms with Crippen molar-refractivity contribution in [3.8, 4) is 17.1 Å². The number of benzene rings is 2. The maximum Gasteiger partial charge on any atom is 0.387 e. The number of imidazole rings is 1. The lowest BCUT2D eigenvalue weighted by Gasteiger charge is -2.42. The smallest absolute Gasteiger partial charge is 0.387 e. The van der Waals surface area contributed by atoms with Gasteiger partial charge in [0.05, 0.1) is 11.0 Å². The van der Waals surface area contributed by atoms with E-state index in [0.29, 0.717) is 17.9 Å². The van der Waals surface area contributed by atoms with Crippen molar-refractivity contribution >= 4 is 16.9 Å². The summed E-state index contributed by atoms with van der Waals surface area (Å²) in [4.78, 5) is 21.0. The minimum atomic E-state index is -2.87. The summed E-state index contributed by atoms with van der Waals surface area (Å²) in [7, 11) is 0. The fourth-order valence-electron chi connectivity index (χ4n) is 5.88. The number of hydrogen-bond donors (Lipinski definition) is 0. The molecule has 186 valence electrons. The third-order valence-electron chi connectivity index (χ3n) is 7.51. The Morgan fingerprint density at radius 3 is 2.11 bits per heavy atom. The van der Waals surface area contributed by atoms with Crippen molar-refractivity contribution in [1.82, 2.24) is 14.5 Å². The van der Waals surface area contributed by atoms with E-state index in [2.05, 4.69) is 9.64 Å². The molecule has 2 aliphatic rings. The van der Waals surface area contributed by atoms with Gasteiger partial charge in [-0.05, 0) is 62.1 Å². The van der Waals surface area contributed by atoms with Crippen LogP contribution in [0.15, 0.2) is 48.5 Å². The van der Waals surface area contributed by atoms with Gasteiger partial charge in [0.15, 0.2) is 0 Å². The molecular formula is C28H33F2N3O2. The molecule has 2 saturated carbocycles. The number of nitrogens with zero attached hydrogens (tertiary/aromatic N) is 3. The first-order valence-electron chi connectivity index (χ1n) is 12.9. The molecule has 3 aromatic rings. The number of alkyl halides is 2. The van der Waals surface area contributed by atoms with E-state index in [1.807, 2.05) is 28.8 Å². The summed E-state index contributed by atoms with van der Waals surface area (Å²) < 4.78 is 31.7. The van der Waals surface area contributed by atoms with Gasteiger partial charge in [-0.2, -0.15) is 8.78 Å². The second-order valence-corrected chi connectivity index (χ2v) is 9.80. The highest BCUT2D eigenvalue weighted by Crippen LogP contribution is 2.32. The zero-order valence-electron chi connectivity index (χ0n) is 20.0. The Balaban J connectivity index is 1.47. The largest absolute Gasteiger partial charge is 0.435 e. The van der Waals surface area contributed by atoms with Gasteiger partial charge in [-0.3, -0.25) is 4.79 Å². The molecule has 0 atom stereocenters. The van der Waals surface area contributed by atoms with Crippen molar-refractivity contribution in [2.45, 2.75) is 89.4 Å². The third-order valence-corrected chi connectivity index (χ3v) is 7.51. The van der Waals surface area contributed by atoms with Crippen LogP contribution in [0.25, 0.3) is 22.4 Å². The van der Waals surface area contributed by atoms with Gasteiger partial charge < -0.3 is 14.2 Å². The summed E-state index contributed by atoms with van der Waals surface area (Å²) in [5.74, 6) is 0.921. The molecule has 0 saturated heterocycles. The molecule has 1 amide bonds. The molecule has 35 heavy (non-hydrogen) atoms. The van der Waals surface area contributed by atoms with Crippen molar-refractivity contribution in [3.63, 3.8) is 0 Å². The second kappa shape index (κ2) is 10.8. The minimum Gasteiger partial charge on any atom is -0.435 e. The van der Waals surface area contributed by atoms with E-state index in [-0.39, 0.29) is 18.2 Å². The average Bonchev–Trinajstić information content (AvgIpc) is 3.24. The number of carbonyl (C=O) groups is 1. The van der Waals surface area contributed by atoms with Crippen LogP contribution in [0.5, 0.6) is 5.75 Å². The number of amides is 1. The van der Waals surface area contributed by atoms with Gasteiger partial charge in [0.25, 0.3) is 0 Å². The second-order valence-electron chi connectivity index (χ2n) is 9.80. The van der Waals surface area contributed by atoms with Crippen LogP contribution in [-0.2, 0) is 11.3 Å². The maximum absolute atomic E-state index is 14.0. The van der Waals surface area contributed by atoms with Crippen molar-refractivity contribution in [2.75, 3.05) is 0 Å². The Bertz CT molecular complexity index is 1110. The van der Waals surface area contributed by atoms with E-state index in [1.54, 1.807) is 12.1 Å². The van der Waals surface area contributed by atoms with Crippen LogP contribution in [0.3, 0.4) is 0 Å². The zero-order valence-corrected chi connectivity index (χ0v) is 20.0. The number of fused-ring (bicyclic) bond motifs is 1. The Labute approximate surface area is 205 Å². The lowest BCUT2D eigenvalue weighted by molar-refractivity contribution is -0.138. The molecule has 2 aliphatic carbocycles. The Hall–Kier alpha value is -2.96. The molecule has 1 aromatic heterocycles. The van der Waals surface area contributed by atoms with E-state index in [9.17, 15) is 13.6 Å². The highest BCUT2D eigenvalue weighted by atomic mass is 19.3. The Morgan fingerprint density at radius 1 is 0.914 bits per heavy atom. The van der Waals surface area contributed by atoms with E-state index >= 15 is 0 Å². The molecular weight excluding hydrogens is 448 g/mol. The van der Waals surface area contributed by atoms with Crippen LogP contribution in [0.2, 0.25) is 0 Å². The number of hydrogen-bond acceptors (Lipinski definition) is 3. The van der Waals surface area contributed by atoms with E-state index in [0.717, 1.165) is 42.3 Å². The van der Waals surface area contributed by atoms with Crippen LogP contribution < -0.4 is 4.74 Å². The number of halogens is 2. The van der Waals surface area contributed by atoms with Gasteiger partial charge in [-0.25, -0.2) is 4.98 Å². The van der Waals surface area contributed by atoms with Crippen molar-refractivity contribution in [2.24, 2.45) is 0 Å². The number of aromatic nitrogens is 2. The fraction of sp³-hybridized carbons (Fsp3) is 0.500. The van der Waals surface area contributed by atoms with Crippen molar-refractivity contribution in [3.05, 3.63) is 48.5 Å². The predicted octanol–water partition coefficient (Wildman–Crippen LogP) is 6.80. The summed E-state index contributed by atoms with van der Waals surface area (Å²) in [6.07, 6.45) is 11.6. The molecule has 1 heterocycles. The summed E-state index contributed by atoms with van der Waals surface area (Å²) in [6, 6.07) is 14.9. The molecule has 0 radical (unpaired) electrons. The highest BCUT2D eigenvalue weighted by molar-refractivity contribution is 5.85. The minimum absolute atomic E-state index is 0.100. The van der Waals surface area contributed by atoms with Gasteiger partial charge in [-0.1, -0.05) is 50.7 Å². The SMILES string of the molecule is O=C(Cn1c(-c2ccc(OC(F)F)cc2)nc2ccccc21)N(C1CCCCC1)C1CCCCC1. The lowest BCUT2D eigenvalue weighted by atomic mass is 9.88. The van der Waals surface area contributed by atoms with Gasteiger partial charge in [0, 0.05) is 17.6 Å². The normalized spacial score (nSPS) is 17.7. The quantitative estimate of drug-likeness (QED) is 0.373. The molecule has 5 nitrogen and oxygen atoms in total. The number of ether oxygens (including phenoxy) is 1. The fourth-order valence-corrected chi connectivity index (χ4v) is 5.88. The highest BCUT2D eigenvalue weighted by Gasteiger charge is 2.33. The van der Waals surface area contributed by atoms with E-state index in [4.69, 9.17) is 4.98 Å². The molecule has 2 aromatic carbocycles. The monoisotopic (exact) mass is 481 g/mol. The molecule has 0 aliphatic heterocycles. The van der Waals surface area contributed by atoms with Gasteiger partial charge in [0.2, 0.25) is 5.91 Å². The van der Waals surface area contributed by atoms with Crippen LogP contribution in [0, 0.1) is 0 Å². The first-order valence-corrected chi connectivity index (χ1v) is 12.9. The standard InChI is InChI=1S/C28H33F2N3O2/c29-28(30)35-23-17-15-20(16-18-23)27-31-24-13-7-8-14-25(24)32(27)19-26(34)33(21-9-3-1-4-10-21)22-11-5-2-6-12-22/h7-8,13-18,21-22,28H,1-6,9-12,19H2. The van der Waals surface area contributed by atoms with Gasteiger partial charge >= 0.3 is 6.61 Å². The summed E-state index contributed by atoms with van der Waals surface area (Å²) in [5.41, 5.74) is 2.47. The topological polar surface area (TPSA) is 47.4 Å². The molecule has 0 bridgehead atoms. The summed E-state index contributed by atoms with van der Waals surface area (Å²) in [6.45, 7) is -2.65. The van der Waals surface area contributed by atoms with E-state index in [1.165, 1.54) is 50.7 Å². The molecule has 2 fully saturated rings. The van der Waals surface area contributed by atoms with Crippen molar-refractivity contribution < 1.29 is 18.3 Å². The van der Waals surface area contributed by atoms with Gasteiger partial charge in [-0.15, -0.1) is 0 Å². The first kappa shape index (κ1) is 23.8. The number of para-hydroxylation sites is 2. The molecule has 7 heteroatoms. The van der Waals surface area contributed by atoms with Crippen LogP contribution >= 0.6 is 0 Å². The summed E-state index contributed by atoms with van der Waals surface area (Å²) in [5, 5.41) is 0. The molecule has 0 unspecified atom stereocenters. The van der Waals surface area contributed by atoms with Crippen molar-refractivity contribution in [1.29, 1.82) is 0 Å². The van der Waals surface area contributed by atoms with Crippen LogP contribution in [-0.4, -0.2) is 39.1 Å². The maximum atomic E-state index is 14.0. The Morgan fingerprint density at radius 2 is 1.51 bits per heavy atom. The van der Waals surface area contributed by atoms with Crippen LogP contribution in [0.1, 0.15) is 64.2 Å². The third kappa shape index (κ3) is 5.34. The molecule has 0 N–H and O–H groups in total. The van der Waals surface area contributed by atoms with Gasteiger partial charge in [0.1, 0.15) is 18.1 Å². The molecule has 5 rings (SSSR count). The Kier molecular flexibility index (Phi) is 7.30.